The largest absolute Gasteiger partial charge is 0.449 e. The molecule has 1 fully saturated rings. The smallest absolute Gasteiger partial charge is 0.379 e. The minimum atomic E-state index is -4.65. The van der Waals surface area contributed by atoms with E-state index in [0.717, 1.165) is 62.4 Å². The average Bonchev–Trinajstić information content (AvgIpc) is 3.13. The van der Waals surface area contributed by atoms with E-state index in [1.807, 2.05) is 24.3 Å². The summed E-state index contributed by atoms with van der Waals surface area (Å²) < 4.78 is 59.4. The Labute approximate surface area is 187 Å². The van der Waals surface area contributed by atoms with Gasteiger partial charge in [-0.3, -0.25) is 4.90 Å². The fourth-order valence-electron chi connectivity index (χ4n) is 3.34. The number of halogens is 5. The molecule has 0 bridgehead atoms. The zero-order valence-electron chi connectivity index (χ0n) is 17.1. The summed E-state index contributed by atoms with van der Waals surface area (Å²) in [7, 11) is 1.16. The Hall–Kier alpha value is -2.76. The first-order valence-electron chi connectivity index (χ1n) is 9.59. The Morgan fingerprint density at radius 1 is 1.06 bits per heavy atom. The van der Waals surface area contributed by atoms with E-state index in [4.69, 9.17) is 4.74 Å². The second-order valence-electron chi connectivity index (χ2n) is 7.12. The van der Waals surface area contributed by atoms with E-state index in [1.165, 1.54) is 0 Å². The van der Waals surface area contributed by atoms with Gasteiger partial charge >= 0.3 is 6.18 Å². The third-order valence-electron chi connectivity index (χ3n) is 4.95. The lowest BCUT2D eigenvalue weighted by Crippen LogP contribution is -2.35. The van der Waals surface area contributed by atoms with Crippen LogP contribution in [0.25, 0.3) is 11.4 Å². The standard InChI is InChI=1S/C20H20F4N6O.ClH/c1-29-16(11-25-18(29)20(22,23)24)17-15(21)10-26-19(28-17)27-14-4-2-13(3-5-14)12-30-6-8-31-9-7-30;/h2-5,10-11H,6-9,12H2,1H3,(H,26,27,28);1H. The Balaban J connectivity index is 0.00000289. The summed E-state index contributed by atoms with van der Waals surface area (Å²) in [5.41, 5.74) is 1.43. The number of nitrogens with zero attached hydrogens (tertiary/aromatic N) is 5. The first-order valence-corrected chi connectivity index (χ1v) is 9.59. The second-order valence-corrected chi connectivity index (χ2v) is 7.12. The van der Waals surface area contributed by atoms with Crippen molar-refractivity contribution in [2.45, 2.75) is 12.7 Å². The first-order chi connectivity index (χ1) is 14.8. The van der Waals surface area contributed by atoms with Crippen LogP contribution >= 0.6 is 12.4 Å². The number of anilines is 2. The van der Waals surface area contributed by atoms with E-state index in [-0.39, 0.29) is 29.7 Å². The molecule has 12 heteroatoms. The minimum absolute atomic E-state index is 0. The van der Waals surface area contributed by atoms with Crippen molar-refractivity contribution >= 4 is 24.0 Å². The molecule has 32 heavy (non-hydrogen) atoms. The predicted molar refractivity (Wildman–Crippen MR) is 112 cm³/mol. The molecule has 1 aromatic carbocycles. The molecule has 1 N–H and O–H groups in total. The van der Waals surface area contributed by atoms with Crippen LogP contribution in [0.3, 0.4) is 0 Å². The molecule has 0 aliphatic carbocycles. The van der Waals surface area contributed by atoms with Crippen LogP contribution in [0.4, 0.5) is 29.2 Å². The van der Waals surface area contributed by atoms with Crippen LogP contribution in [0, 0.1) is 5.82 Å². The van der Waals surface area contributed by atoms with Gasteiger partial charge in [-0.1, -0.05) is 12.1 Å². The number of imidazole rings is 1. The third-order valence-corrected chi connectivity index (χ3v) is 4.95. The van der Waals surface area contributed by atoms with Crippen molar-refractivity contribution in [1.29, 1.82) is 0 Å². The van der Waals surface area contributed by atoms with Crippen molar-refractivity contribution in [3.63, 3.8) is 0 Å². The minimum Gasteiger partial charge on any atom is -0.379 e. The fraction of sp³-hybridized carbons (Fsp3) is 0.350. The molecule has 0 atom stereocenters. The maximum Gasteiger partial charge on any atom is 0.449 e. The first kappa shape index (κ1) is 23.9. The molecular formula is C20H21ClF4N6O. The molecule has 172 valence electrons. The molecule has 2 aromatic heterocycles. The molecule has 7 nitrogen and oxygen atoms in total. The molecule has 1 aliphatic heterocycles. The zero-order chi connectivity index (χ0) is 22.0. The summed E-state index contributed by atoms with van der Waals surface area (Å²) in [4.78, 5) is 13.6. The van der Waals surface area contributed by atoms with Crippen molar-refractivity contribution < 1.29 is 22.3 Å². The van der Waals surface area contributed by atoms with Gasteiger partial charge in [-0.2, -0.15) is 13.2 Å². The Morgan fingerprint density at radius 2 is 1.75 bits per heavy atom. The van der Waals surface area contributed by atoms with Crippen LogP contribution in [-0.2, 0) is 24.5 Å². The average molecular weight is 473 g/mol. The summed E-state index contributed by atoms with van der Waals surface area (Å²) in [6.45, 7) is 4.03. The number of nitrogens with one attached hydrogen (secondary N) is 1. The number of aromatic nitrogens is 4. The third kappa shape index (κ3) is 5.34. The molecule has 3 heterocycles. The summed E-state index contributed by atoms with van der Waals surface area (Å²) in [6, 6.07) is 7.60. The van der Waals surface area contributed by atoms with Crippen molar-refractivity contribution in [2.24, 2.45) is 7.05 Å². The number of hydrogen-bond acceptors (Lipinski definition) is 6. The fourth-order valence-corrected chi connectivity index (χ4v) is 3.34. The highest BCUT2D eigenvalue weighted by Gasteiger charge is 2.37. The van der Waals surface area contributed by atoms with Gasteiger partial charge in [0.05, 0.1) is 31.3 Å². The normalized spacial score (nSPS) is 14.8. The zero-order valence-corrected chi connectivity index (χ0v) is 17.9. The van der Waals surface area contributed by atoms with Crippen LogP contribution in [0.2, 0.25) is 0 Å². The predicted octanol–water partition coefficient (Wildman–Crippen LogP) is 4.03. The van der Waals surface area contributed by atoms with Crippen LogP contribution < -0.4 is 5.32 Å². The van der Waals surface area contributed by atoms with Gasteiger partial charge in [-0.25, -0.2) is 19.3 Å². The van der Waals surface area contributed by atoms with Gasteiger partial charge in [0.2, 0.25) is 11.8 Å². The SMILES string of the molecule is Cl.Cn1c(-c2nc(Nc3ccc(CN4CCOCC4)cc3)ncc2F)cnc1C(F)(F)F. The van der Waals surface area contributed by atoms with Gasteiger partial charge in [0, 0.05) is 32.4 Å². The second kappa shape index (κ2) is 9.80. The maximum absolute atomic E-state index is 14.3. The molecule has 0 spiro atoms. The van der Waals surface area contributed by atoms with Gasteiger partial charge < -0.3 is 14.6 Å². The number of benzene rings is 1. The van der Waals surface area contributed by atoms with Crippen LogP contribution in [0.1, 0.15) is 11.4 Å². The lowest BCUT2D eigenvalue weighted by atomic mass is 10.2. The molecule has 0 radical (unpaired) electrons. The molecule has 0 saturated carbocycles. The quantitative estimate of drug-likeness (QED) is 0.565. The maximum atomic E-state index is 14.3. The van der Waals surface area contributed by atoms with Gasteiger partial charge in [0.25, 0.3) is 0 Å². The lowest BCUT2D eigenvalue weighted by Gasteiger charge is -2.26. The van der Waals surface area contributed by atoms with Gasteiger partial charge in [-0.15, -0.1) is 12.4 Å². The summed E-state index contributed by atoms with van der Waals surface area (Å²) in [5, 5.41) is 2.95. The van der Waals surface area contributed by atoms with E-state index >= 15 is 0 Å². The molecule has 4 rings (SSSR count). The monoisotopic (exact) mass is 472 g/mol. The van der Waals surface area contributed by atoms with E-state index in [1.54, 1.807) is 0 Å². The van der Waals surface area contributed by atoms with E-state index in [9.17, 15) is 17.6 Å². The van der Waals surface area contributed by atoms with E-state index in [2.05, 4.69) is 25.2 Å². The molecular weight excluding hydrogens is 452 g/mol. The van der Waals surface area contributed by atoms with Crippen molar-refractivity contribution in [1.82, 2.24) is 24.4 Å². The van der Waals surface area contributed by atoms with Gasteiger partial charge in [0.1, 0.15) is 5.69 Å². The van der Waals surface area contributed by atoms with Crippen molar-refractivity contribution in [3.8, 4) is 11.4 Å². The summed E-state index contributed by atoms with van der Waals surface area (Å²) >= 11 is 0. The molecule has 0 unspecified atom stereocenters. The summed E-state index contributed by atoms with van der Waals surface area (Å²) in [6.07, 6.45) is -2.79. The van der Waals surface area contributed by atoms with Crippen molar-refractivity contribution in [3.05, 3.63) is 53.9 Å². The van der Waals surface area contributed by atoms with E-state index < -0.39 is 17.8 Å². The highest BCUT2D eigenvalue weighted by Crippen LogP contribution is 2.31. The van der Waals surface area contributed by atoms with Crippen LogP contribution in [0.15, 0.2) is 36.7 Å². The lowest BCUT2D eigenvalue weighted by molar-refractivity contribution is -0.146. The van der Waals surface area contributed by atoms with Gasteiger partial charge in [-0.05, 0) is 17.7 Å². The summed E-state index contributed by atoms with van der Waals surface area (Å²) in [5.74, 6) is -1.92. The highest BCUT2D eigenvalue weighted by molar-refractivity contribution is 5.85. The molecule has 1 saturated heterocycles. The van der Waals surface area contributed by atoms with Crippen LogP contribution in [-0.4, -0.2) is 50.7 Å². The molecule has 3 aromatic rings. The van der Waals surface area contributed by atoms with Crippen molar-refractivity contribution in [2.75, 3.05) is 31.6 Å². The topological polar surface area (TPSA) is 68.1 Å². The highest BCUT2D eigenvalue weighted by atomic mass is 35.5. The molecule has 0 amide bonds. The molecule has 1 aliphatic rings. The number of ether oxygens (including phenoxy) is 1. The number of rotatable bonds is 5. The number of hydrogen-bond donors (Lipinski definition) is 1. The van der Waals surface area contributed by atoms with Gasteiger partial charge in [0.15, 0.2) is 5.82 Å². The Bertz CT molecular complexity index is 1050. The Morgan fingerprint density at radius 3 is 2.38 bits per heavy atom. The number of alkyl halides is 3. The number of morpholine rings is 1. The van der Waals surface area contributed by atoms with Crippen LogP contribution in [0.5, 0.6) is 0 Å². The Kier molecular flexibility index (Phi) is 7.32. The van der Waals surface area contributed by atoms with E-state index in [0.29, 0.717) is 5.69 Å².